The Morgan fingerprint density at radius 3 is 1.86 bits per heavy atom. The van der Waals surface area contributed by atoms with Gasteiger partial charge in [0.1, 0.15) is 5.58 Å². The van der Waals surface area contributed by atoms with Crippen molar-refractivity contribution in [2.45, 2.75) is 244 Å². The molecule has 0 radical (unpaired) electrons. The highest BCUT2D eigenvalue weighted by atomic mass is 16.3. The van der Waals surface area contributed by atoms with E-state index >= 15 is 0 Å². The lowest BCUT2D eigenvalue weighted by Gasteiger charge is -2.55. The molecule has 2 aromatic carbocycles. The van der Waals surface area contributed by atoms with Crippen LogP contribution in [0, 0.1) is 50.2 Å². The van der Waals surface area contributed by atoms with Crippen molar-refractivity contribution in [3.8, 4) is 0 Å². The summed E-state index contributed by atoms with van der Waals surface area (Å²) in [6.45, 7) is 45.8. The van der Waals surface area contributed by atoms with Gasteiger partial charge in [0, 0.05) is 28.2 Å². The summed E-state index contributed by atoms with van der Waals surface area (Å²) in [6, 6.07) is 11.0. The van der Waals surface area contributed by atoms with Crippen LogP contribution in [0.2, 0.25) is 0 Å². The molecule has 1 aromatic heterocycles. The number of fused-ring (bicyclic) bond motifs is 8. The maximum atomic E-state index is 7.97. The third-order valence-corrected chi connectivity index (χ3v) is 24.2. The monoisotopic (exact) mass is 1020 g/mol. The fourth-order valence-corrected chi connectivity index (χ4v) is 18.3. The number of nitrogens with zero attached hydrogens (tertiary/aromatic N) is 2. The van der Waals surface area contributed by atoms with Crippen LogP contribution in [0.15, 0.2) is 97.7 Å². The average molecular weight is 1020 g/mol. The molecule has 0 bridgehead atoms. The van der Waals surface area contributed by atoms with Gasteiger partial charge in [0.15, 0.2) is 0 Å². The Balaban J connectivity index is 1.15. The van der Waals surface area contributed by atoms with Crippen LogP contribution in [0.1, 0.15) is 244 Å². The Morgan fingerprint density at radius 2 is 1.17 bits per heavy atom. The van der Waals surface area contributed by atoms with Gasteiger partial charge in [0.05, 0.1) is 17.4 Å². The van der Waals surface area contributed by atoms with Gasteiger partial charge in [-0.3, -0.25) is 0 Å². The maximum Gasteiger partial charge on any atom is 0.296 e. The highest BCUT2D eigenvalue weighted by molar-refractivity contribution is 6.95. The van der Waals surface area contributed by atoms with E-state index in [9.17, 15) is 0 Å². The third-order valence-electron chi connectivity index (χ3n) is 24.2. The average Bonchev–Trinajstić information content (AvgIpc) is 3.86. The van der Waals surface area contributed by atoms with Crippen LogP contribution in [0.5, 0.6) is 0 Å². The summed E-state index contributed by atoms with van der Waals surface area (Å²) in [4.78, 5) is 5.91. The van der Waals surface area contributed by atoms with Crippen LogP contribution in [0.4, 0.5) is 17.1 Å². The smallest absolute Gasteiger partial charge is 0.296 e. The van der Waals surface area contributed by atoms with Gasteiger partial charge in [-0.1, -0.05) is 171 Å². The topological polar surface area (TPSA) is 19.6 Å². The molecule has 3 heterocycles. The SMILES string of the molecule is CC1=CC2C(C=C1N1C3=C(C=C4C(C3)C(C)(C)CCC4(C)C)B3c4oc5cc6c(cc5c4N(C4CC5=C(C=C4C)C(C)(C)CCC5(C)C)c4cc(C5CCCCC5)cc1c43)C(C)(C)CCC6(C)C)C(C)(C)CCC2(C)C. The number of hydrogen-bond acceptors (Lipinski definition) is 3. The van der Waals surface area contributed by atoms with Gasteiger partial charge < -0.3 is 14.2 Å². The zero-order chi connectivity index (χ0) is 54.0. The van der Waals surface area contributed by atoms with E-state index in [1.807, 2.05) is 0 Å². The molecule has 0 N–H and O–H groups in total. The van der Waals surface area contributed by atoms with E-state index in [0.29, 0.717) is 23.7 Å². The van der Waals surface area contributed by atoms with Crippen molar-refractivity contribution in [2.75, 3.05) is 9.80 Å². The van der Waals surface area contributed by atoms with Gasteiger partial charge >= 0.3 is 0 Å². The van der Waals surface area contributed by atoms with Gasteiger partial charge in [-0.15, -0.1) is 0 Å². The quantitative estimate of drug-likeness (QED) is 0.244. The molecule has 0 saturated heterocycles. The first-order chi connectivity index (χ1) is 35.4. The number of furan rings is 1. The number of rotatable bonds is 3. The van der Waals surface area contributed by atoms with Crippen molar-refractivity contribution >= 4 is 45.9 Å². The number of anilines is 3. The molecule has 76 heavy (non-hydrogen) atoms. The molecular formula is C72H97BN2O. The highest BCUT2D eigenvalue weighted by Crippen LogP contribution is 2.62. The predicted molar refractivity (Wildman–Crippen MR) is 325 cm³/mol. The lowest BCUT2D eigenvalue weighted by atomic mass is 9.33. The van der Waals surface area contributed by atoms with Crippen molar-refractivity contribution < 1.29 is 4.42 Å². The van der Waals surface area contributed by atoms with E-state index in [1.165, 1.54) is 150 Å². The molecule has 8 aliphatic carbocycles. The Labute approximate surface area is 461 Å². The Morgan fingerprint density at radius 1 is 0.579 bits per heavy atom. The molecule has 3 saturated carbocycles. The minimum atomic E-state index is -0.0124. The molecule has 0 amide bonds. The fraction of sp³-hybridized carbons (Fsp3) is 0.639. The first kappa shape index (κ1) is 51.5. The highest BCUT2D eigenvalue weighted by Gasteiger charge is 2.56. The van der Waals surface area contributed by atoms with Crippen molar-refractivity contribution in [1.82, 2.24) is 0 Å². The van der Waals surface area contributed by atoms with Gasteiger partial charge in [0.2, 0.25) is 0 Å². The molecule has 4 heteroatoms. The standard InChI is InChI=1S/C72H97BN2O/c1-42-32-47-51(69(11,12)28-24-65(47,3)4)38-56(42)74-58-40-53-50(68(9,10)27-30-71(53,15)16)37-55(58)73-62-59(74)34-45(44-22-20-19-21-23-44)35-60(62)75(57-39-52-48(33-43(57)2)66(5,6)25-29-70(52,13)14)63-46-36-49-54(41-61(46)76-64(63)73)72(17,18)31-26-67(49,7)8/h32-38,41,44,47,51,53,57H,19-31,39-40H2,1-18H3. The molecule has 4 unspecified atom stereocenters. The number of hydrogen-bond donors (Lipinski definition) is 0. The van der Waals surface area contributed by atoms with E-state index in [4.69, 9.17) is 4.42 Å². The second-order valence-electron chi connectivity index (χ2n) is 32.8. The molecule has 13 rings (SSSR count). The second kappa shape index (κ2) is 16.4. The molecule has 3 aromatic rings. The van der Waals surface area contributed by atoms with Gasteiger partial charge in [-0.05, 0) is 221 Å². The van der Waals surface area contributed by atoms with Crippen LogP contribution in [-0.2, 0) is 10.8 Å². The fourth-order valence-electron chi connectivity index (χ4n) is 18.3. The predicted octanol–water partition coefficient (Wildman–Crippen LogP) is 19.1. The van der Waals surface area contributed by atoms with Gasteiger partial charge in [-0.2, -0.15) is 0 Å². The summed E-state index contributed by atoms with van der Waals surface area (Å²) < 4.78 is 7.97. The molecular weight excluding hydrogens is 920 g/mol. The van der Waals surface area contributed by atoms with E-state index in [2.05, 4.69) is 183 Å². The molecule has 10 aliphatic rings. The zero-order valence-electron chi connectivity index (χ0n) is 51.0. The molecule has 404 valence electrons. The molecule has 2 aliphatic heterocycles. The van der Waals surface area contributed by atoms with Crippen molar-refractivity contribution in [3.63, 3.8) is 0 Å². The minimum absolute atomic E-state index is 0.0124. The van der Waals surface area contributed by atoms with Crippen LogP contribution in [-0.4, -0.2) is 12.8 Å². The van der Waals surface area contributed by atoms with E-state index in [1.54, 1.807) is 28.0 Å². The van der Waals surface area contributed by atoms with Crippen molar-refractivity contribution in [3.05, 3.63) is 110 Å². The van der Waals surface area contributed by atoms with Crippen LogP contribution in [0.3, 0.4) is 0 Å². The summed E-state index contributed by atoms with van der Waals surface area (Å²) in [7, 11) is 0. The summed E-state index contributed by atoms with van der Waals surface area (Å²) in [5.74, 6) is 2.01. The van der Waals surface area contributed by atoms with E-state index in [0.717, 1.165) is 18.4 Å². The lowest BCUT2D eigenvalue weighted by Crippen LogP contribution is -2.59. The number of benzene rings is 2. The number of allylic oxidation sites excluding steroid dienone is 9. The minimum Gasteiger partial charge on any atom is -0.468 e. The van der Waals surface area contributed by atoms with Crippen molar-refractivity contribution in [2.24, 2.45) is 50.2 Å². The van der Waals surface area contributed by atoms with Crippen molar-refractivity contribution in [1.29, 1.82) is 0 Å². The summed E-state index contributed by atoms with van der Waals surface area (Å²) in [5, 5.41) is 1.33. The normalized spacial score (nSPS) is 30.9. The Kier molecular flexibility index (Phi) is 11.1. The van der Waals surface area contributed by atoms with Crippen LogP contribution in [0.25, 0.3) is 11.0 Å². The molecule has 3 nitrogen and oxygen atoms in total. The van der Waals surface area contributed by atoms with Gasteiger partial charge in [-0.25, -0.2) is 0 Å². The second-order valence-corrected chi connectivity index (χ2v) is 32.8. The molecule has 4 atom stereocenters. The Hall–Kier alpha value is -3.92. The van der Waals surface area contributed by atoms with E-state index in [-0.39, 0.29) is 56.1 Å². The van der Waals surface area contributed by atoms with Crippen LogP contribution < -0.4 is 20.9 Å². The third kappa shape index (κ3) is 7.44. The summed E-state index contributed by atoms with van der Waals surface area (Å²) in [6.07, 6.45) is 29.7. The zero-order valence-corrected chi connectivity index (χ0v) is 51.0. The molecule has 3 fully saturated rings. The first-order valence-electron chi connectivity index (χ1n) is 31.1. The summed E-state index contributed by atoms with van der Waals surface area (Å²) >= 11 is 0. The Bertz CT molecular complexity index is 3200. The largest absolute Gasteiger partial charge is 0.468 e. The maximum absolute atomic E-state index is 7.97. The summed E-state index contributed by atoms with van der Waals surface area (Å²) in [5.41, 5.74) is 26.3. The van der Waals surface area contributed by atoms with E-state index < -0.39 is 0 Å². The lowest BCUT2D eigenvalue weighted by molar-refractivity contribution is 0.0320. The van der Waals surface area contributed by atoms with Crippen LogP contribution >= 0.6 is 0 Å². The first-order valence-corrected chi connectivity index (χ1v) is 31.1. The molecule has 0 spiro atoms. The van der Waals surface area contributed by atoms with Gasteiger partial charge in [0.25, 0.3) is 6.71 Å².